The Morgan fingerprint density at radius 1 is 0.432 bits per heavy atom. The molecule has 8 aromatic rings. The van der Waals surface area contributed by atoms with E-state index in [0.717, 1.165) is 33.0 Å². The van der Waals surface area contributed by atoms with Crippen LogP contribution in [-0.4, -0.2) is 0 Å². The number of rotatable bonds is 5. The van der Waals surface area contributed by atoms with Crippen LogP contribution in [0.3, 0.4) is 0 Å². The molecule has 0 heterocycles. The Balaban J connectivity index is 1.39. The number of benzene rings is 7. The summed E-state index contributed by atoms with van der Waals surface area (Å²) in [4.78, 5) is 0. The van der Waals surface area contributed by atoms with Gasteiger partial charge in [-0.15, -0.1) is 0 Å². The first kappa shape index (κ1) is 25.8. The summed E-state index contributed by atoms with van der Waals surface area (Å²) in [6.07, 6.45) is 3.71. The van der Waals surface area contributed by atoms with Gasteiger partial charge in [0.05, 0.1) is 0 Å². The first-order chi connectivity index (χ1) is 21.7. The number of hydrogen-bond acceptors (Lipinski definition) is 0. The molecule has 0 aliphatic carbocycles. The van der Waals surface area contributed by atoms with E-state index in [1.54, 1.807) is 0 Å². The van der Waals surface area contributed by atoms with Crippen LogP contribution in [0.25, 0.3) is 88.6 Å². The first-order valence-corrected chi connectivity index (χ1v) is 14.9. The van der Waals surface area contributed by atoms with Gasteiger partial charge in [0.25, 0.3) is 0 Å². The summed E-state index contributed by atoms with van der Waals surface area (Å²) in [6, 6.07) is 55.1. The number of hydrogen-bond donors (Lipinski definition) is 0. The molecule has 0 aliphatic heterocycles. The standard InChI is InChI=1S/C44H28/c1-3-29-25-26-38-36(21-12-22-37(38)35(29)4-2)32-15-11-16-33(28-32)43-39-17-7-9-19-41(39)44(42-20-10-8-18-40(42)43)34-24-23-30-13-5-6-14-31(30)27-34/h3-24,27-28H,1-2H2. The lowest BCUT2D eigenvalue weighted by molar-refractivity contribution is 1.63. The molecule has 0 unspecified atom stereocenters. The minimum absolute atomic E-state index is 0.919. The molecule has 8 aromatic carbocycles. The minimum atomic E-state index is 0.919. The molecule has 0 N–H and O–H groups in total. The van der Waals surface area contributed by atoms with E-state index < -0.39 is 0 Å². The summed E-state index contributed by atoms with van der Waals surface area (Å²) >= 11 is 0. The third-order valence-corrected chi connectivity index (χ3v) is 8.81. The van der Waals surface area contributed by atoms with Crippen LogP contribution in [0, 0.1) is 12.1 Å². The molecule has 0 radical (unpaired) electrons. The predicted molar refractivity (Wildman–Crippen MR) is 191 cm³/mol. The smallest absolute Gasteiger partial charge is 0.0406 e. The summed E-state index contributed by atoms with van der Waals surface area (Å²) in [5, 5.41) is 9.63. The van der Waals surface area contributed by atoms with Crippen molar-refractivity contribution in [3.8, 4) is 33.4 Å². The molecule has 0 aromatic heterocycles. The van der Waals surface area contributed by atoms with Crippen LogP contribution in [0.5, 0.6) is 0 Å². The highest BCUT2D eigenvalue weighted by molar-refractivity contribution is 6.22. The molecule has 204 valence electrons. The highest BCUT2D eigenvalue weighted by Crippen LogP contribution is 2.45. The summed E-state index contributed by atoms with van der Waals surface area (Å²) < 4.78 is 0. The summed E-state index contributed by atoms with van der Waals surface area (Å²) in [5.41, 5.74) is 9.17. The Morgan fingerprint density at radius 3 is 1.66 bits per heavy atom. The lowest BCUT2D eigenvalue weighted by Gasteiger charge is -2.18. The molecule has 8 rings (SSSR count). The van der Waals surface area contributed by atoms with E-state index in [9.17, 15) is 0 Å². The van der Waals surface area contributed by atoms with Gasteiger partial charge in [-0.25, -0.2) is 0 Å². The highest BCUT2D eigenvalue weighted by Gasteiger charge is 2.17. The van der Waals surface area contributed by atoms with Crippen LogP contribution in [0.1, 0.15) is 11.1 Å². The van der Waals surface area contributed by atoms with E-state index in [2.05, 4.69) is 159 Å². The topological polar surface area (TPSA) is 0 Å². The molecule has 0 heteroatoms. The van der Waals surface area contributed by atoms with Gasteiger partial charge < -0.3 is 0 Å². The molecule has 0 bridgehead atoms. The van der Waals surface area contributed by atoms with Gasteiger partial charge in [-0.3, -0.25) is 0 Å². The molecule has 0 saturated heterocycles. The Kier molecular flexibility index (Phi) is 6.11. The second kappa shape index (κ2) is 10.4. The second-order valence-corrected chi connectivity index (χ2v) is 11.2. The van der Waals surface area contributed by atoms with E-state index in [1.165, 1.54) is 54.6 Å². The van der Waals surface area contributed by atoms with Gasteiger partial charge in [0.2, 0.25) is 0 Å². The fourth-order valence-corrected chi connectivity index (χ4v) is 6.81. The highest BCUT2D eigenvalue weighted by atomic mass is 14.2. The Labute approximate surface area is 257 Å². The van der Waals surface area contributed by atoms with E-state index in [-0.39, 0.29) is 0 Å². The fourth-order valence-electron chi connectivity index (χ4n) is 6.81. The lowest BCUT2D eigenvalue weighted by Crippen LogP contribution is -1.91. The zero-order valence-electron chi connectivity index (χ0n) is 24.3. The van der Waals surface area contributed by atoms with Crippen LogP contribution in [-0.2, 0) is 0 Å². The van der Waals surface area contributed by atoms with Crippen LogP contribution >= 0.6 is 0 Å². The van der Waals surface area contributed by atoms with Crippen molar-refractivity contribution in [3.63, 3.8) is 0 Å². The molecule has 0 saturated carbocycles. The van der Waals surface area contributed by atoms with E-state index >= 15 is 0 Å². The summed E-state index contributed by atoms with van der Waals surface area (Å²) in [5.74, 6) is 0. The maximum Gasteiger partial charge on any atom is 0.0406 e. The van der Waals surface area contributed by atoms with Gasteiger partial charge in [-0.05, 0) is 88.8 Å². The summed E-state index contributed by atoms with van der Waals surface area (Å²) in [6.45, 7) is 8.03. The minimum Gasteiger partial charge on any atom is -0.0984 e. The lowest BCUT2D eigenvalue weighted by atomic mass is 9.85. The van der Waals surface area contributed by atoms with Crippen molar-refractivity contribution in [1.82, 2.24) is 0 Å². The molecular formula is C44H28. The van der Waals surface area contributed by atoms with Crippen LogP contribution in [0.4, 0.5) is 0 Å². The van der Waals surface area contributed by atoms with Gasteiger partial charge in [0.15, 0.2) is 0 Å². The predicted octanol–water partition coefficient (Wildman–Crippen LogP) is 12.2. The molecule has 0 spiro atoms. The van der Waals surface area contributed by atoms with Crippen LogP contribution in [0.15, 0.2) is 147 Å². The second-order valence-electron chi connectivity index (χ2n) is 11.2. The van der Waals surface area contributed by atoms with Gasteiger partial charge in [0.1, 0.15) is 0 Å². The van der Waals surface area contributed by atoms with E-state index in [1.807, 2.05) is 12.2 Å². The van der Waals surface area contributed by atoms with Crippen molar-refractivity contribution in [2.45, 2.75) is 0 Å². The van der Waals surface area contributed by atoms with Crippen molar-refractivity contribution >= 4 is 55.2 Å². The van der Waals surface area contributed by atoms with Crippen molar-refractivity contribution in [3.05, 3.63) is 170 Å². The summed E-state index contributed by atoms with van der Waals surface area (Å²) in [7, 11) is 0. The van der Waals surface area contributed by atoms with Crippen molar-refractivity contribution < 1.29 is 0 Å². The maximum absolute atomic E-state index is 4.07. The largest absolute Gasteiger partial charge is 0.0984 e. The number of fused-ring (bicyclic) bond motifs is 4. The zero-order chi connectivity index (χ0) is 29.6. The molecule has 0 amide bonds. The van der Waals surface area contributed by atoms with Crippen molar-refractivity contribution in [2.75, 3.05) is 0 Å². The third-order valence-electron chi connectivity index (χ3n) is 8.81. The zero-order valence-corrected chi connectivity index (χ0v) is 24.3. The van der Waals surface area contributed by atoms with E-state index in [4.69, 9.17) is 0 Å². The SMILES string of the molecule is C=Cc1c#cc2c(-c3cccc(-c4c5ccccc5c(-c5ccc6ccccc6c5)c5ccccc45)c3)cccc2c1C=C. The maximum atomic E-state index is 4.07. The average Bonchev–Trinajstić information content (AvgIpc) is 3.09. The van der Waals surface area contributed by atoms with Crippen LogP contribution in [0.2, 0.25) is 0 Å². The first-order valence-electron chi connectivity index (χ1n) is 14.9. The Hall–Kier alpha value is -5.90. The van der Waals surface area contributed by atoms with Gasteiger partial charge in [0, 0.05) is 10.9 Å². The molecule has 0 aliphatic rings. The fraction of sp³-hybridized carbons (Fsp3) is 0. The Morgan fingerprint density at radius 2 is 1.00 bits per heavy atom. The van der Waals surface area contributed by atoms with E-state index in [0.29, 0.717) is 0 Å². The van der Waals surface area contributed by atoms with Gasteiger partial charge in [-0.1, -0.05) is 159 Å². The monoisotopic (exact) mass is 556 g/mol. The molecule has 0 fully saturated rings. The van der Waals surface area contributed by atoms with Crippen molar-refractivity contribution in [1.29, 1.82) is 0 Å². The normalized spacial score (nSPS) is 11.2. The average molecular weight is 557 g/mol. The molecule has 0 nitrogen and oxygen atoms in total. The Bertz CT molecular complexity index is 2360. The molecule has 44 heavy (non-hydrogen) atoms. The van der Waals surface area contributed by atoms with Gasteiger partial charge >= 0.3 is 0 Å². The van der Waals surface area contributed by atoms with Crippen molar-refractivity contribution in [2.24, 2.45) is 0 Å². The van der Waals surface area contributed by atoms with Gasteiger partial charge in [-0.2, -0.15) is 0 Å². The van der Waals surface area contributed by atoms with Crippen LogP contribution < -0.4 is 0 Å². The third kappa shape index (κ3) is 4.03. The quantitative estimate of drug-likeness (QED) is 0.185. The molecular weight excluding hydrogens is 528 g/mol. The molecule has 0 atom stereocenters.